The number of amides is 4. The van der Waals surface area contributed by atoms with Gasteiger partial charge in [-0.25, -0.2) is 4.79 Å². The third kappa shape index (κ3) is 7.60. The summed E-state index contributed by atoms with van der Waals surface area (Å²) in [6, 6.07) is 9.93. The van der Waals surface area contributed by atoms with Crippen molar-refractivity contribution in [3.8, 4) is 0 Å². The molecule has 0 spiro atoms. The maximum atomic E-state index is 14.0. The Kier molecular flexibility index (Phi) is 13.9. The molecule has 4 N–H and O–H groups in total. The van der Waals surface area contributed by atoms with Crippen molar-refractivity contribution in [2.24, 2.45) is 16.9 Å². The number of hydrogen-bond donors (Lipinski definition) is 2. The average Bonchev–Trinajstić information content (AvgIpc) is 2.82. The van der Waals surface area contributed by atoms with Gasteiger partial charge in [-0.15, -0.1) is 24.8 Å². The number of benzene rings is 2. The minimum atomic E-state index is -1.58. The topological polar surface area (TPSA) is 110 Å². The van der Waals surface area contributed by atoms with Gasteiger partial charge in [0.2, 0.25) is 11.8 Å². The minimum absolute atomic E-state index is 0. The first kappa shape index (κ1) is 34.1. The monoisotopic (exact) mass is 718 g/mol. The molecular formula is C24H28Br2Cl4N4O3. The fraction of sp³-hybridized carbons (Fsp3) is 0.375. The molecular weight excluding hydrogens is 694 g/mol. The molecule has 3 rings (SSSR count). The molecule has 7 nitrogen and oxygen atoms in total. The number of nitrogens with two attached hydrogens (primary N) is 2. The number of urea groups is 1. The second-order valence-corrected chi connectivity index (χ2v) is 10.9. The number of imide groups is 2. The van der Waals surface area contributed by atoms with E-state index in [0.29, 0.717) is 56.0 Å². The number of barbiturate groups is 1. The molecule has 13 heteroatoms. The zero-order valence-electron chi connectivity index (χ0n) is 19.7. The predicted molar refractivity (Wildman–Crippen MR) is 159 cm³/mol. The number of hydrogen-bond acceptors (Lipinski definition) is 5. The van der Waals surface area contributed by atoms with Crippen LogP contribution in [0.1, 0.15) is 24.0 Å². The standard InChI is InChI=1S/C24H26Br2Cl2N4O3.2ClH/c25-17-5-3-15(11-19(17)27)13-24(14-16-4-6-18(26)20(28)12-16)21(33)31(9-1-7-29)23(35)32(22(24)34)10-2-8-30;;/h3-6,11-12H,1-2,7-10,13-14,29-30H2;2*1H. The summed E-state index contributed by atoms with van der Waals surface area (Å²) in [5.41, 5.74) is 11.1. The number of halogens is 6. The van der Waals surface area contributed by atoms with E-state index >= 15 is 0 Å². The minimum Gasteiger partial charge on any atom is -0.330 e. The molecule has 1 saturated heterocycles. The Hall–Kier alpha value is -0.910. The van der Waals surface area contributed by atoms with Crippen molar-refractivity contribution in [3.05, 3.63) is 66.5 Å². The van der Waals surface area contributed by atoms with Gasteiger partial charge in [-0.1, -0.05) is 35.3 Å². The Bertz CT molecular complexity index is 1050. The van der Waals surface area contributed by atoms with E-state index in [1.54, 1.807) is 36.4 Å². The van der Waals surface area contributed by atoms with E-state index < -0.39 is 23.3 Å². The highest BCUT2D eigenvalue weighted by molar-refractivity contribution is 9.10. The van der Waals surface area contributed by atoms with Crippen LogP contribution >= 0.6 is 79.9 Å². The number of carbonyl (C=O) groups excluding carboxylic acids is 3. The van der Waals surface area contributed by atoms with Crippen molar-refractivity contribution in [2.45, 2.75) is 25.7 Å². The Balaban J connectivity index is 0.00000342. The maximum Gasteiger partial charge on any atom is 0.333 e. The first-order valence-electron chi connectivity index (χ1n) is 11.1. The highest BCUT2D eigenvalue weighted by Gasteiger charge is 2.56. The molecule has 0 bridgehead atoms. The summed E-state index contributed by atoms with van der Waals surface area (Å²) >= 11 is 19.4. The third-order valence-corrected chi connectivity index (χ3v) is 8.39. The smallest absolute Gasteiger partial charge is 0.330 e. The molecule has 0 radical (unpaired) electrons. The lowest BCUT2D eigenvalue weighted by Gasteiger charge is -2.44. The van der Waals surface area contributed by atoms with Gasteiger partial charge < -0.3 is 11.5 Å². The van der Waals surface area contributed by atoms with E-state index in [9.17, 15) is 14.4 Å². The number of nitrogens with zero attached hydrogens (tertiary/aromatic N) is 2. The first-order valence-corrected chi connectivity index (χ1v) is 13.4. The van der Waals surface area contributed by atoms with Gasteiger partial charge >= 0.3 is 6.03 Å². The van der Waals surface area contributed by atoms with Crippen molar-refractivity contribution < 1.29 is 14.4 Å². The molecule has 0 unspecified atom stereocenters. The second-order valence-electron chi connectivity index (χ2n) is 8.41. The van der Waals surface area contributed by atoms with Crippen molar-refractivity contribution >= 4 is 97.7 Å². The molecule has 4 amide bonds. The van der Waals surface area contributed by atoms with Crippen LogP contribution in [0, 0.1) is 5.41 Å². The van der Waals surface area contributed by atoms with Crippen LogP contribution in [0.25, 0.3) is 0 Å². The number of carbonyl (C=O) groups is 3. The van der Waals surface area contributed by atoms with Gasteiger partial charge in [0.15, 0.2) is 0 Å². The Labute approximate surface area is 255 Å². The lowest BCUT2D eigenvalue weighted by Crippen LogP contribution is -2.67. The molecule has 1 aliphatic heterocycles. The summed E-state index contributed by atoms with van der Waals surface area (Å²) < 4.78 is 1.39. The zero-order chi connectivity index (χ0) is 25.8. The molecule has 0 aromatic heterocycles. The van der Waals surface area contributed by atoms with Crippen molar-refractivity contribution in [2.75, 3.05) is 26.2 Å². The lowest BCUT2D eigenvalue weighted by atomic mass is 9.72. The van der Waals surface area contributed by atoms with Crippen LogP contribution in [-0.4, -0.2) is 53.8 Å². The van der Waals surface area contributed by atoms with E-state index in [0.717, 1.165) is 9.80 Å². The van der Waals surface area contributed by atoms with Crippen LogP contribution in [0.15, 0.2) is 45.3 Å². The highest BCUT2D eigenvalue weighted by atomic mass is 79.9. The molecule has 37 heavy (non-hydrogen) atoms. The summed E-state index contributed by atoms with van der Waals surface area (Å²) in [5.74, 6) is -1.11. The molecule has 0 aliphatic carbocycles. The van der Waals surface area contributed by atoms with Gasteiger partial charge in [0.25, 0.3) is 0 Å². The summed E-state index contributed by atoms with van der Waals surface area (Å²) in [5, 5.41) is 0.909. The Morgan fingerprint density at radius 3 is 1.43 bits per heavy atom. The largest absolute Gasteiger partial charge is 0.333 e. The first-order chi connectivity index (χ1) is 16.6. The lowest BCUT2D eigenvalue weighted by molar-refractivity contribution is -0.159. The van der Waals surface area contributed by atoms with E-state index in [2.05, 4.69) is 31.9 Å². The summed E-state index contributed by atoms with van der Waals surface area (Å²) in [6.45, 7) is 0.825. The molecule has 1 heterocycles. The highest BCUT2D eigenvalue weighted by Crippen LogP contribution is 2.39. The van der Waals surface area contributed by atoms with Crippen LogP contribution in [-0.2, 0) is 22.4 Å². The number of rotatable bonds is 10. The normalized spacial score (nSPS) is 14.9. The van der Waals surface area contributed by atoms with Gasteiger partial charge in [0, 0.05) is 22.0 Å². The second kappa shape index (κ2) is 15.0. The van der Waals surface area contributed by atoms with Crippen LogP contribution < -0.4 is 11.5 Å². The van der Waals surface area contributed by atoms with Crippen molar-refractivity contribution in [3.63, 3.8) is 0 Å². The van der Waals surface area contributed by atoms with Crippen LogP contribution in [0.5, 0.6) is 0 Å². The average molecular weight is 722 g/mol. The summed E-state index contributed by atoms with van der Waals surface area (Å²) in [6.07, 6.45) is 0.940. The van der Waals surface area contributed by atoms with Crippen LogP contribution in [0.3, 0.4) is 0 Å². The van der Waals surface area contributed by atoms with Crippen LogP contribution in [0.2, 0.25) is 10.0 Å². The third-order valence-electron chi connectivity index (χ3n) is 5.92. The van der Waals surface area contributed by atoms with Crippen molar-refractivity contribution in [1.29, 1.82) is 0 Å². The molecule has 1 fully saturated rings. The fourth-order valence-corrected chi connectivity index (χ4v) is 5.08. The van der Waals surface area contributed by atoms with Gasteiger partial charge in [0.05, 0.1) is 10.0 Å². The van der Waals surface area contributed by atoms with E-state index in [1.807, 2.05) is 0 Å². The van der Waals surface area contributed by atoms with E-state index in [4.69, 9.17) is 34.7 Å². The molecule has 204 valence electrons. The zero-order valence-corrected chi connectivity index (χ0v) is 26.0. The van der Waals surface area contributed by atoms with Gasteiger partial charge in [0.1, 0.15) is 5.41 Å². The quantitative estimate of drug-likeness (QED) is 0.310. The van der Waals surface area contributed by atoms with Gasteiger partial charge in [-0.05, 0) is 106 Å². The summed E-state index contributed by atoms with van der Waals surface area (Å²) in [7, 11) is 0. The summed E-state index contributed by atoms with van der Waals surface area (Å²) in [4.78, 5) is 43.5. The van der Waals surface area contributed by atoms with E-state index in [1.165, 1.54) is 0 Å². The molecule has 2 aromatic rings. The van der Waals surface area contributed by atoms with Crippen LogP contribution in [0.4, 0.5) is 4.79 Å². The van der Waals surface area contributed by atoms with Gasteiger partial charge in [-0.2, -0.15) is 0 Å². The molecule has 0 atom stereocenters. The maximum absolute atomic E-state index is 14.0. The fourth-order valence-electron chi connectivity index (χ4n) is 4.18. The van der Waals surface area contributed by atoms with E-state index in [-0.39, 0.29) is 50.7 Å². The Morgan fingerprint density at radius 1 is 0.730 bits per heavy atom. The molecule has 0 saturated carbocycles. The SMILES string of the molecule is Cl.Cl.NCCCN1C(=O)N(CCCN)C(=O)C(Cc2ccc(Br)c(Cl)c2)(Cc2ccc(Br)c(Cl)c2)C1=O. The Morgan fingerprint density at radius 2 is 1.11 bits per heavy atom. The van der Waals surface area contributed by atoms with Gasteiger partial charge in [-0.3, -0.25) is 19.4 Å². The molecule has 1 aliphatic rings. The predicted octanol–water partition coefficient (Wildman–Crippen LogP) is 5.62. The molecule has 2 aromatic carbocycles. The van der Waals surface area contributed by atoms with Crippen molar-refractivity contribution in [1.82, 2.24) is 9.80 Å².